The Morgan fingerprint density at radius 2 is 2.27 bits per heavy atom. The average molecular weight is 205 g/mol. The lowest BCUT2D eigenvalue weighted by atomic mass is 10.2. The van der Waals surface area contributed by atoms with Crippen molar-refractivity contribution < 1.29 is 0 Å². The van der Waals surface area contributed by atoms with Crippen molar-refractivity contribution in [1.82, 2.24) is 19.3 Å². The molecular formula is C10H15N5. The van der Waals surface area contributed by atoms with E-state index in [-0.39, 0.29) is 0 Å². The predicted molar refractivity (Wildman–Crippen MR) is 58.2 cm³/mol. The molecule has 5 heteroatoms. The largest absolute Gasteiger partial charge is 0.396 e. The molecule has 0 radical (unpaired) electrons. The predicted octanol–water partition coefficient (Wildman–Crippen LogP) is 0.832. The van der Waals surface area contributed by atoms with Crippen LogP contribution in [0.15, 0.2) is 24.9 Å². The van der Waals surface area contributed by atoms with Crippen LogP contribution in [0.5, 0.6) is 0 Å². The van der Waals surface area contributed by atoms with Gasteiger partial charge in [-0.2, -0.15) is 5.10 Å². The molecule has 0 aromatic carbocycles. The van der Waals surface area contributed by atoms with Crippen molar-refractivity contribution in [3.63, 3.8) is 0 Å². The molecule has 0 bridgehead atoms. The van der Waals surface area contributed by atoms with Gasteiger partial charge in [0.15, 0.2) is 0 Å². The number of rotatable bonds is 4. The first-order valence-corrected chi connectivity index (χ1v) is 4.99. The van der Waals surface area contributed by atoms with Crippen LogP contribution in [-0.4, -0.2) is 19.3 Å². The second-order valence-corrected chi connectivity index (χ2v) is 3.64. The Hall–Kier alpha value is -1.78. The SMILES string of the molecule is Cn1cncc1CCCn1cc(N)cn1. The summed E-state index contributed by atoms with van der Waals surface area (Å²) >= 11 is 0. The van der Waals surface area contributed by atoms with Gasteiger partial charge < -0.3 is 10.3 Å². The smallest absolute Gasteiger partial charge is 0.0945 e. The van der Waals surface area contributed by atoms with E-state index in [0.29, 0.717) is 0 Å². The first-order chi connectivity index (χ1) is 7.25. The van der Waals surface area contributed by atoms with Crippen molar-refractivity contribution in [1.29, 1.82) is 0 Å². The Morgan fingerprint density at radius 3 is 2.87 bits per heavy atom. The Labute approximate surface area is 88.5 Å². The van der Waals surface area contributed by atoms with E-state index in [0.717, 1.165) is 25.1 Å². The van der Waals surface area contributed by atoms with Crippen LogP contribution in [0.2, 0.25) is 0 Å². The van der Waals surface area contributed by atoms with E-state index in [1.165, 1.54) is 5.69 Å². The monoisotopic (exact) mass is 205 g/mol. The van der Waals surface area contributed by atoms with Gasteiger partial charge in [0.05, 0.1) is 18.2 Å². The van der Waals surface area contributed by atoms with Gasteiger partial charge in [0.2, 0.25) is 0 Å². The van der Waals surface area contributed by atoms with Gasteiger partial charge >= 0.3 is 0 Å². The van der Waals surface area contributed by atoms with Crippen LogP contribution >= 0.6 is 0 Å². The second kappa shape index (κ2) is 4.16. The van der Waals surface area contributed by atoms with Crippen molar-refractivity contribution in [3.8, 4) is 0 Å². The van der Waals surface area contributed by atoms with E-state index < -0.39 is 0 Å². The fraction of sp³-hybridized carbons (Fsp3) is 0.400. The molecule has 0 aliphatic heterocycles. The second-order valence-electron chi connectivity index (χ2n) is 3.64. The van der Waals surface area contributed by atoms with Gasteiger partial charge in [-0.1, -0.05) is 0 Å². The summed E-state index contributed by atoms with van der Waals surface area (Å²) in [4.78, 5) is 4.07. The van der Waals surface area contributed by atoms with Gasteiger partial charge in [-0.05, 0) is 12.8 Å². The van der Waals surface area contributed by atoms with Crippen LogP contribution < -0.4 is 5.73 Å². The number of hydrogen-bond donors (Lipinski definition) is 1. The molecule has 80 valence electrons. The van der Waals surface area contributed by atoms with E-state index in [4.69, 9.17) is 5.73 Å². The third-order valence-electron chi connectivity index (χ3n) is 2.39. The maximum atomic E-state index is 5.57. The topological polar surface area (TPSA) is 61.7 Å². The Morgan fingerprint density at radius 1 is 1.40 bits per heavy atom. The number of anilines is 1. The van der Waals surface area contributed by atoms with Crippen LogP contribution in [0, 0.1) is 0 Å². The highest BCUT2D eigenvalue weighted by molar-refractivity contribution is 5.30. The molecule has 0 aliphatic rings. The van der Waals surface area contributed by atoms with Gasteiger partial charge in [0.1, 0.15) is 0 Å². The van der Waals surface area contributed by atoms with Gasteiger partial charge in [0.25, 0.3) is 0 Å². The van der Waals surface area contributed by atoms with E-state index in [1.54, 1.807) is 6.20 Å². The van der Waals surface area contributed by atoms with E-state index in [1.807, 2.05) is 35.0 Å². The van der Waals surface area contributed by atoms with Crippen molar-refractivity contribution >= 4 is 5.69 Å². The summed E-state index contributed by atoms with van der Waals surface area (Å²) in [5.74, 6) is 0. The zero-order valence-electron chi connectivity index (χ0n) is 8.80. The molecule has 2 rings (SSSR count). The van der Waals surface area contributed by atoms with Crippen LogP contribution in [0.3, 0.4) is 0 Å². The third kappa shape index (κ3) is 2.37. The highest BCUT2D eigenvalue weighted by Gasteiger charge is 1.99. The van der Waals surface area contributed by atoms with Gasteiger partial charge in [0, 0.05) is 31.7 Å². The number of nitrogen functional groups attached to an aromatic ring is 1. The standard InChI is InChI=1S/C10H15N5/c1-14-8-12-6-10(14)3-2-4-15-7-9(11)5-13-15/h5-8H,2-4,11H2,1H3. The van der Waals surface area contributed by atoms with Crippen LogP contribution in [0.25, 0.3) is 0 Å². The molecule has 0 atom stereocenters. The number of aryl methyl sites for hydroxylation is 3. The molecule has 2 heterocycles. The Balaban J connectivity index is 1.83. The number of nitrogens with two attached hydrogens (primary N) is 1. The maximum absolute atomic E-state index is 5.57. The minimum absolute atomic E-state index is 0.718. The fourth-order valence-electron chi connectivity index (χ4n) is 1.55. The van der Waals surface area contributed by atoms with Gasteiger partial charge in [-0.15, -0.1) is 0 Å². The normalized spacial score (nSPS) is 10.7. The maximum Gasteiger partial charge on any atom is 0.0945 e. The van der Waals surface area contributed by atoms with Crippen LogP contribution in [-0.2, 0) is 20.0 Å². The fourth-order valence-corrected chi connectivity index (χ4v) is 1.55. The summed E-state index contributed by atoms with van der Waals surface area (Å²) in [6.07, 6.45) is 9.29. The molecule has 0 unspecified atom stereocenters. The molecule has 0 fully saturated rings. The molecule has 15 heavy (non-hydrogen) atoms. The molecule has 5 nitrogen and oxygen atoms in total. The van der Waals surface area contributed by atoms with Crippen molar-refractivity contribution in [3.05, 3.63) is 30.6 Å². The minimum atomic E-state index is 0.718. The number of aromatic nitrogens is 4. The summed E-state index contributed by atoms with van der Waals surface area (Å²) < 4.78 is 3.91. The lowest BCUT2D eigenvalue weighted by Crippen LogP contribution is -2.02. The van der Waals surface area contributed by atoms with Crippen LogP contribution in [0.1, 0.15) is 12.1 Å². The van der Waals surface area contributed by atoms with Crippen LogP contribution in [0.4, 0.5) is 5.69 Å². The molecule has 2 aromatic rings. The molecule has 2 N–H and O–H groups in total. The lowest BCUT2D eigenvalue weighted by molar-refractivity contribution is 0.570. The lowest BCUT2D eigenvalue weighted by Gasteiger charge is -2.02. The van der Waals surface area contributed by atoms with Crippen molar-refractivity contribution in [2.24, 2.45) is 7.05 Å². The molecule has 0 aliphatic carbocycles. The number of hydrogen-bond acceptors (Lipinski definition) is 3. The first kappa shape index (κ1) is 9.76. The van der Waals surface area contributed by atoms with E-state index in [9.17, 15) is 0 Å². The molecule has 0 amide bonds. The highest BCUT2D eigenvalue weighted by atomic mass is 15.3. The summed E-state index contributed by atoms with van der Waals surface area (Å²) in [7, 11) is 2.01. The molecule has 0 spiro atoms. The average Bonchev–Trinajstić information content (AvgIpc) is 2.77. The zero-order valence-corrected chi connectivity index (χ0v) is 8.80. The Kier molecular flexibility index (Phi) is 2.71. The highest BCUT2D eigenvalue weighted by Crippen LogP contribution is 2.04. The summed E-state index contributed by atoms with van der Waals surface area (Å²) in [6.45, 7) is 0.891. The van der Waals surface area contributed by atoms with E-state index in [2.05, 4.69) is 10.1 Å². The summed E-state index contributed by atoms with van der Waals surface area (Å²) in [5, 5.41) is 4.13. The summed E-state index contributed by atoms with van der Waals surface area (Å²) in [5.41, 5.74) is 7.54. The van der Waals surface area contributed by atoms with Crippen molar-refractivity contribution in [2.75, 3.05) is 5.73 Å². The quantitative estimate of drug-likeness (QED) is 0.804. The first-order valence-electron chi connectivity index (χ1n) is 4.99. The zero-order chi connectivity index (χ0) is 10.7. The molecule has 0 saturated carbocycles. The molecule has 2 aromatic heterocycles. The van der Waals surface area contributed by atoms with Crippen molar-refractivity contribution in [2.45, 2.75) is 19.4 Å². The van der Waals surface area contributed by atoms with Gasteiger partial charge in [-0.3, -0.25) is 4.68 Å². The molecule has 0 saturated heterocycles. The van der Waals surface area contributed by atoms with Gasteiger partial charge in [-0.25, -0.2) is 4.98 Å². The third-order valence-corrected chi connectivity index (χ3v) is 2.39. The number of imidazole rings is 1. The minimum Gasteiger partial charge on any atom is -0.396 e. The van der Waals surface area contributed by atoms with E-state index >= 15 is 0 Å². The molecular weight excluding hydrogens is 190 g/mol. The summed E-state index contributed by atoms with van der Waals surface area (Å²) in [6, 6.07) is 0. The number of nitrogens with zero attached hydrogens (tertiary/aromatic N) is 4. The Bertz CT molecular complexity index is 428.